The van der Waals surface area contributed by atoms with E-state index in [4.69, 9.17) is 14.2 Å². The number of aromatic nitrogens is 4. The quantitative estimate of drug-likeness (QED) is 0.374. The molecule has 8 heteroatoms. The fourth-order valence-corrected chi connectivity index (χ4v) is 3.88. The fraction of sp³-hybridized carbons (Fsp3) is 0.174. The van der Waals surface area contributed by atoms with Gasteiger partial charge in [0.05, 0.1) is 33.2 Å². The molecule has 0 spiro atoms. The van der Waals surface area contributed by atoms with E-state index in [0.29, 0.717) is 5.75 Å². The molecule has 4 aromatic rings. The van der Waals surface area contributed by atoms with Gasteiger partial charge in [-0.25, -0.2) is 0 Å². The second-order valence-electron chi connectivity index (χ2n) is 6.55. The van der Waals surface area contributed by atoms with Crippen molar-refractivity contribution in [1.82, 2.24) is 19.7 Å². The average Bonchev–Trinajstić information content (AvgIpc) is 3.27. The Bertz CT molecular complexity index is 1130. The molecule has 0 aliphatic heterocycles. The molecular weight excluding hydrogens is 412 g/mol. The summed E-state index contributed by atoms with van der Waals surface area (Å²) in [5.41, 5.74) is 2.82. The molecule has 0 bridgehead atoms. The van der Waals surface area contributed by atoms with Crippen LogP contribution >= 0.6 is 11.8 Å². The van der Waals surface area contributed by atoms with Crippen molar-refractivity contribution in [1.29, 1.82) is 0 Å². The normalized spacial score (nSPS) is 10.7. The topological polar surface area (TPSA) is 71.3 Å². The van der Waals surface area contributed by atoms with Gasteiger partial charge < -0.3 is 14.2 Å². The lowest BCUT2D eigenvalue weighted by Crippen LogP contribution is -2.00. The summed E-state index contributed by atoms with van der Waals surface area (Å²) in [6.45, 7) is 0. The molecule has 2 heterocycles. The van der Waals surface area contributed by atoms with E-state index < -0.39 is 0 Å². The first-order chi connectivity index (χ1) is 15.2. The number of rotatable bonds is 8. The Morgan fingerprint density at radius 2 is 1.35 bits per heavy atom. The van der Waals surface area contributed by atoms with E-state index in [1.165, 1.54) is 0 Å². The van der Waals surface area contributed by atoms with Gasteiger partial charge in [0.15, 0.2) is 11.0 Å². The third-order valence-electron chi connectivity index (χ3n) is 4.69. The van der Waals surface area contributed by atoms with E-state index in [-0.39, 0.29) is 0 Å². The number of hydrogen-bond donors (Lipinski definition) is 0. The predicted octanol–water partition coefficient (Wildman–Crippen LogP) is 4.65. The van der Waals surface area contributed by atoms with Crippen LogP contribution in [0.4, 0.5) is 0 Å². The van der Waals surface area contributed by atoms with Crippen LogP contribution in [0, 0.1) is 0 Å². The van der Waals surface area contributed by atoms with Crippen molar-refractivity contribution in [2.24, 2.45) is 0 Å². The number of nitrogens with zero attached hydrogens (tertiary/aromatic N) is 4. The molecular formula is C23H22N4O3S. The van der Waals surface area contributed by atoms with Crippen LogP contribution in [0.2, 0.25) is 0 Å². The van der Waals surface area contributed by atoms with Gasteiger partial charge in [-0.3, -0.25) is 9.55 Å². The predicted molar refractivity (Wildman–Crippen MR) is 120 cm³/mol. The van der Waals surface area contributed by atoms with E-state index in [9.17, 15) is 0 Å². The molecule has 7 nitrogen and oxygen atoms in total. The Morgan fingerprint density at radius 1 is 0.742 bits per heavy atom. The molecule has 2 aromatic heterocycles. The SMILES string of the molecule is COc1ccc(-c2nnc(SCc3ccc(OC)cn3)n2-c2ccc(OC)cc2)cc1. The molecule has 0 saturated heterocycles. The summed E-state index contributed by atoms with van der Waals surface area (Å²) in [6, 6.07) is 19.5. The smallest absolute Gasteiger partial charge is 0.196 e. The molecule has 0 saturated carbocycles. The number of hydrogen-bond acceptors (Lipinski definition) is 7. The third kappa shape index (κ3) is 4.64. The molecule has 0 aliphatic carbocycles. The summed E-state index contributed by atoms with van der Waals surface area (Å²) < 4.78 is 17.8. The maximum atomic E-state index is 5.30. The van der Waals surface area contributed by atoms with Crippen molar-refractivity contribution in [3.63, 3.8) is 0 Å². The van der Waals surface area contributed by atoms with Gasteiger partial charge in [0.1, 0.15) is 17.2 Å². The molecule has 4 rings (SSSR count). The first-order valence-electron chi connectivity index (χ1n) is 9.58. The number of methoxy groups -OCH3 is 3. The van der Waals surface area contributed by atoms with Gasteiger partial charge in [0.2, 0.25) is 0 Å². The van der Waals surface area contributed by atoms with Crippen LogP contribution < -0.4 is 14.2 Å². The number of pyridine rings is 1. The van der Waals surface area contributed by atoms with E-state index in [0.717, 1.165) is 45.2 Å². The van der Waals surface area contributed by atoms with Crippen LogP contribution in [0.15, 0.2) is 72.0 Å². The zero-order valence-corrected chi connectivity index (χ0v) is 18.3. The second-order valence-corrected chi connectivity index (χ2v) is 7.49. The lowest BCUT2D eigenvalue weighted by molar-refractivity contribution is 0.412. The Balaban J connectivity index is 1.68. The lowest BCUT2D eigenvalue weighted by atomic mass is 10.2. The Kier molecular flexibility index (Phi) is 6.37. The molecule has 0 fully saturated rings. The number of thioether (sulfide) groups is 1. The van der Waals surface area contributed by atoms with Crippen molar-refractivity contribution in [2.75, 3.05) is 21.3 Å². The zero-order chi connectivity index (χ0) is 21.6. The summed E-state index contributed by atoms with van der Waals surface area (Å²) in [7, 11) is 4.93. The highest BCUT2D eigenvalue weighted by molar-refractivity contribution is 7.98. The second kappa shape index (κ2) is 9.53. The lowest BCUT2D eigenvalue weighted by Gasteiger charge is -2.11. The van der Waals surface area contributed by atoms with Crippen LogP contribution in [0.1, 0.15) is 5.69 Å². The average molecular weight is 435 g/mol. The number of benzene rings is 2. The Morgan fingerprint density at radius 3 is 1.94 bits per heavy atom. The van der Waals surface area contributed by atoms with Gasteiger partial charge in [-0.05, 0) is 60.7 Å². The van der Waals surface area contributed by atoms with Crippen LogP contribution in [0.5, 0.6) is 17.2 Å². The summed E-state index contributed by atoms with van der Waals surface area (Å²) in [4.78, 5) is 4.44. The Labute approximate surface area is 185 Å². The van der Waals surface area contributed by atoms with Crippen molar-refractivity contribution in [3.8, 4) is 34.3 Å². The van der Waals surface area contributed by atoms with Crippen molar-refractivity contribution < 1.29 is 14.2 Å². The van der Waals surface area contributed by atoms with Gasteiger partial charge >= 0.3 is 0 Å². The third-order valence-corrected chi connectivity index (χ3v) is 5.66. The standard InChI is InChI=1S/C23H22N4O3S/c1-28-19-9-4-16(5-10-19)22-25-26-23(27(22)18-7-12-20(29-2)13-8-18)31-15-17-6-11-21(30-3)14-24-17/h4-14H,15H2,1-3H3. The van der Waals surface area contributed by atoms with Crippen molar-refractivity contribution >= 4 is 11.8 Å². The number of ether oxygens (including phenoxy) is 3. The highest BCUT2D eigenvalue weighted by atomic mass is 32.2. The molecule has 0 aliphatic rings. The summed E-state index contributed by atoms with van der Waals surface area (Å²) in [5, 5.41) is 9.72. The highest BCUT2D eigenvalue weighted by Crippen LogP contribution is 2.31. The molecule has 0 radical (unpaired) electrons. The largest absolute Gasteiger partial charge is 0.497 e. The summed E-state index contributed by atoms with van der Waals surface area (Å²) in [5.74, 6) is 3.72. The van der Waals surface area contributed by atoms with Crippen LogP contribution in [-0.4, -0.2) is 41.1 Å². The van der Waals surface area contributed by atoms with Gasteiger partial charge in [-0.15, -0.1) is 10.2 Å². The summed E-state index contributed by atoms with van der Waals surface area (Å²) in [6.07, 6.45) is 1.72. The van der Waals surface area contributed by atoms with Gasteiger partial charge in [0, 0.05) is 17.0 Å². The van der Waals surface area contributed by atoms with Gasteiger partial charge in [-0.2, -0.15) is 0 Å². The molecule has 0 N–H and O–H groups in total. The molecule has 0 amide bonds. The zero-order valence-electron chi connectivity index (χ0n) is 17.5. The van der Waals surface area contributed by atoms with Crippen LogP contribution in [0.25, 0.3) is 17.1 Å². The minimum atomic E-state index is 0.654. The minimum absolute atomic E-state index is 0.654. The van der Waals surface area contributed by atoms with Crippen LogP contribution in [-0.2, 0) is 5.75 Å². The van der Waals surface area contributed by atoms with Gasteiger partial charge in [0.25, 0.3) is 0 Å². The first-order valence-corrected chi connectivity index (χ1v) is 10.6. The molecule has 158 valence electrons. The highest BCUT2D eigenvalue weighted by Gasteiger charge is 2.17. The maximum Gasteiger partial charge on any atom is 0.196 e. The minimum Gasteiger partial charge on any atom is -0.497 e. The van der Waals surface area contributed by atoms with Crippen molar-refractivity contribution in [2.45, 2.75) is 10.9 Å². The van der Waals surface area contributed by atoms with E-state index in [1.807, 2.05) is 65.2 Å². The van der Waals surface area contributed by atoms with Crippen LogP contribution in [0.3, 0.4) is 0 Å². The first kappa shape index (κ1) is 20.7. The van der Waals surface area contributed by atoms with E-state index in [2.05, 4.69) is 15.2 Å². The maximum absolute atomic E-state index is 5.30. The van der Waals surface area contributed by atoms with E-state index in [1.54, 1.807) is 39.3 Å². The van der Waals surface area contributed by atoms with Crippen molar-refractivity contribution in [3.05, 3.63) is 72.6 Å². The molecule has 0 unspecified atom stereocenters. The Hall–Kier alpha value is -3.52. The molecule has 2 aromatic carbocycles. The van der Waals surface area contributed by atoms with E-state index >= 15 is 0 Å². The molecule has 31 heavy (non-hydrogen) atoms. The fourth-order valence-electron chi connectivity index (χ4n) is 3.01. The van der Waals surface area contributed by atoms with Gasteiger partial charge in [-0.1, -0.05) is 11.8 Å². The molecule has 0 atom stereocenters. The summed E-state index contributed by atoms with van der Waals surface area (Å²) >= 11 is 1.57. The monoisotopic (exact) mass is 434 g/mol.